The monoisotopic (exact) mass is 455 g/mol. The zero-order valence-electron chi connectivity index (χ0n) is 17.8. The third kappa shape index (κ3) is 4.60. The summed E-state index contributed by atoms with van der Waals surface area (Å²) >= 11 is 1.41. The van der Waals surface area contributed by atoms with E-state index in [2.05, 4.69) is 0 Å². The summed E-state index contributed by atoms with van der Waals surface area (Å²) in [5.41, 5.74) is 2.48. The molecule has 1 N–H and O–H groups in total. The summed E-state index contributed by atoms with van der Waals surface area (Å²) in [6.07, 6.45) is -0.178. The van der Waals surface area contributed by atoms with Gasteiger partial charge in [-0.3, -0.25) is 4.79 Å². The fourth-order valence-corrected chi connectivity index (χ4v) is 4.99. The maximum atomic E-state index is 13.4. The van der Waals surface area contributed by atoms with Crippen molar-refractivity contribution in [2.24, 2.45) is 0 Å². The van der Waals surface area contributed by atoms with Crippen molar-refractivity contribution in [3.05, 3.63) is 65.9 Å². The Balaban J connectivity index is 1.89. The molecule has 1 atom stereocenters. The molecule has 2 heterocycles. The number of fused-ring (bicyclic) bond motifs is 3. The third-order valence-corrected chi connectivity index (χ3v) is 6.45. The summed E-state index contributed by atoms with van der Waals surface area (Å²) in [7, 11) is 0. The van der Waals surface area contributed by atoms with E-state index >= 15 is 0 Å². The van der Waals surface area contributed by atoms with Crippen LogP contribution >= 0.6 is 11.8 Å². The number of hydrogen-bond acceptors (Lipinski definition) is 4. The lowest BCUT2D eigenvalue weighted by Crippen LogP contribution is -2.18. The molecular formula is C24H23F2N3O2S. The van der Waals surface area contributed by atoms with E-state index in [-0.39, 0.29) is 19.3 Å². The maximum absolute atomic E-state index is 13.4. The van der Waals surface area contributed by atoms with E-state index < -0.39 is 17.8 Å². The van der Waals surface area contributed by atoms with Crippen molar-refractivity contribution in [2.45, 2.75) is 54.9 Å². The van der Waals surface area contributed by atoms with Crippen LogP contribution in [0.1, 0.15) is 43.4 Å². The zero-order valence-corrected chi connectivity index (χ0v) is 18.6. The predicted octanol–water partition coefficient (Wildman–Crippen LogP) is 6.34. The van der Waals surface area contributed by atoms with E-state index in [1.54, 1.807) is 11.4 Å². The topological polar surface area (TPSA) is 67.5 Å². The van der Waals surface area contributed by atoms with Gasteiger partial charge < -0.3 is 5.11 Å². The molecule has 166 valence electrons. The lowest BCUT2D eigenvalue weighted by atomic mass is 9.93. The molecule has 0 bridgehead atoms. The van der Waals surface area contributed by atoms with Crippen LogP contribution < -0.4 is 0 Å². The van der Waals surface area contributed by atoms with Crippen LogP contribution in [0, 0.1) is 6.92 Å². The number of hydrogen-bond donors (Lipinski definition) is 1. The Hall–Kier alpha value is -3.00. The first-order valence-corrected chi connectivity index (χ1v) is 11.2. The highest BCUT2D eigenvalue weighted by molar-refractivity contribution is 7.99. The van der Waals surface area contributed by atoms with Gasteiger partial charge >= 0.3 is 5.97 Å². The number of carbonyl (C=O) groups is 1. The van der Waals surface area contributed by atoms with Crippen molar-refractivity contribution in [2.75, 3.05) is 0 Å². The summed E-state index contributed by atoms with van der Waals surface area (Å²) in [5.74, 6) is -4.85. The van der Waals surface area contributed by atoms with Crippen molar-refractivity contribution >= 4 is 34.3 Å². The van der Waals surface area contributed by atoms with Gasteiger partial charge in [0, 0.05) is 28.0 Å². The standard InChI is InChI=1S/C24H23F2N3O2S/c1-15-20(18(23(30)31)12-8-14-24(2,25)26)22(32-16-9-4-3-5-10-16)29-21(27-15)17-11-6-7-13-19(17)28-29/h3-7,9-11,13,18H,8,12,14H2,1-2H3,(H,30,31). The number of halogens is 2. The first-order valence-electron chi connectivity index (χ1n) is 10.4. The van der Waals surface area contributed by atoms with Gasteiger partial charge in [0.15, 0.2) is 5.65 Å². The Bertz CT molecular complexity index is 1270. The molecule has 1 unspecified atom stereocenters. The second-order valence-electron chi connectivity index (χ2n) is 7.94. The number of aliphatic carboxylic acids is 1. The van der Waals surface area contributed by atoms with Crippen molar-refractivity contribution < 1.29 is 18.7 Å². The number of alkyl halides is 2. The smallest absolute Gasteiger partial charge is 0.311 e. The van der Waals surface area contributed by atoms with E-state index in [1.807, 2.05) is 54.6 Å². The van der Waals surface area contributed by atoms with Crippen LogP contribution in [0.15, 0.2) is 64.5 Å². The van der Waals surface area contributed by atoms with Gasteiger partial charge in [0.05, 0.1) is 11.4 Å². The highest BCUT2D eigenvalue weighted by atomic mass is 32.2. The molecule has 0 radical (unpaired) electrons. The van der Waals surface area contributed by atoms with Crippen molar-refractivity contribution in [1.82, 2.24) is 14.6 Å². The van der Waals surface area contributed by atoms with E-state index in [4.69, 9.17) is 10.1 Å². The number of aryl methyl sites for hydroxylation is 1. The van der Waals surface area contributed by atoms with Crippen LogP contribution in [0.5, 0.6) is 0 Å². The van der Waals surface area contributed by atoms with Gasteiger partial charge in [-0.2, -0.15) is 5.10 Å². The van der Waals surface area contributed by atoms with Crippen molar-refractivity contribution in [3.63, 3.8) is 0 Å². The average molecular weight is 456 g/mol. The van der Waals surface area contributed by atoms with Crippen LogP contribution in [0.25, 0.3) is 16.6 Å². The SMILES string of the molecule is Cc1nc2c3ccccc3nn2c(Sc2ccccc2)c1C(CCCC(C)(F)F)C(=O)O. The van der Waals surface area contributed by atoms with Crippen LogP contribution in [-0.2, 0) is 4.79 Å². The number of rotatable bonds is 8. The Morgan fingerprint density at radius 1 is 1.16 bits per heavy atom. The lowest BCUT2D eigenvalue weighted by Gasteiger charge is -2.20. The number of nitrogens with zero attached hydrogens (tertiary/aromatic N) is 3. The first-order chi connectivity index (χ1) is 15.2. The summed E-state index contributed by atoms with van der Waals surface area (Å²) in [4.78, 5) is 17.9. The van der Waals surface area contributed by atoms with E-state index in [0.717, 1.165) is 22.7 Å². The van der Waals surface area contributed by atoms with E-state index in [9.17, 15) is 18.7 Å². The Labute approximate surface area is 188 Å². The molecule has 0 amide bonds. The molecule has 0 spiro atoms. The molecule has 32 heavy (non-hydrogen) atoms. The third-order valence-electron chi connectivity index (χ3n) is 5.35. The minimum absolute atomic E-state index is 0.0917. The maximum Gasteiger partial charge on any atom is 0.311 e. The number of carboxylic acid groups (broad SMARTS) is 1. The molecule has 4 rings (SSSR count). The van der Waals surface area contributed by atoms with Crippen LogP contribution in [0.2, 0.25) is 0 Å². The van der Waals surface area contributed by atoms with Gasteiger partial charge in [0.25, 0.3) is 0 Å². The molecule has 0 aliphatic rings. The fraction of sp³-hybridized carbons (Fsp3) is 0.292. The van der Waals surface area contributed by atoms with Gasteiger partial charge in [-0.15, -0.1) is 0 Å². The van der Waals surface area contributed by atoms with Gasteiger partial charge in [-0.25, -0.2) is 18.3 Å². The molecular weight excluding hydrogens is 432 g/mol. The van der Waals surface area contributed by atoms with Crippen molar-refractivity contribution in [3.8, 4) is 0 Å². The number of carboxylic acids is 1. The molecule has 2 aromatic heterocycles. The zero-order chi connectivity index (χ0) is 22.9. The Morgan fingerprint density at radius 3 is 2.53 bits per heavy atom. The van der Waals surface area contributed by atoms with Crippen molar-refractivity contribution in [1.29, 1.82) is 0 Å². The molecule has 0 saturated carbocycles. The quantitative estimate of drug-likeness (QED) is 0.314. The summed E-state index contributed by atoms with van der Waals surface area (Å²) in [6, 6.07) is 17.2. The largest absolute Gasteiger partial charge is 0.481 e. The van der Waals surface area contributed by atoms with Gasteiger partial charge in [-0.05, 0) is 51.0 Å². The average Bonchev–Trinajstić information content (AvgIpc) is 3.10. The number of aromatic nitrogens is 3. The highest BCUT2D eigenvalue weighted by Gasteiger charge is 2.30. The molecule has 5 nitrogen and oxygen atoms in total. The highest BCUT2D eigenvalue weighted by Crippen LogP contribution is 2.39. The molecule has 0 fully saturated rings. The first kappa shape index (κ1) is 22.2. The summed E-state index contributed by atoms with van der Waals surface area (Å²) in [6.45, 7) is 2.63. The van der Waals surface area contributed by atoms with Crippen LogP contribution in [-0.4, -0.2) is 31.6 Å². The summed E-state index contributed by atoms with van der Waals surface area (Å²) in [5, 5.41) is 16.2. The normalized spacial score (nSPS) is 13.0. The minimum atomic E-state index is -2.83. The lowest BCUT2D eigenvalue weighted by molar-refractivity contribution is -0.139. The van der Waals surface area contributed by atoms with Gasteiger partial charge in [0.1, 0.15) is 5.03 Å². The minimum Gasteiger partial charge on any atom is -0.481 e. The molecule has 2 aromatic carbocycles. The van der Waals surface area contributed by atoms with Gasteiger partial charge in [0.2, 0.25) is 5.92 Å². The molecule has 0 aliphatic carbocycles. The predicted molar refractivity (Wildman–Crippen MR) is 121 cm³/mol. The molecule has 8 heteroatoms. The van der Waals surface area contributed by atoms with Gasteiger partial charge in [-0.1, -0.05) is 42.1 Å². The molecule has 0 saturated heterocycles. The molecule has 0 aliphatic heterocycles. The van der Waals surface area contributed by atoms with E-state index in [1.165, 1.54) is 11.8 Å². The molecule has 4 aromatic rings. The summed E-state index contributed by atoms with van der Waals surface area (Å²) < 4.78 is 28.4. The fourth-order valence-electron chi connectivity index (χ4n) is 3.86. The Kier molecular flexibility index (Phi) is 6.15. The van der Waals surface area contributed by atoms with Crippen LogP contribution in [0.4, 0.5) is 8.78 Å². The number of benzene rings is 2. The Morgan fingerprint density at radius 2 is 1.84 bits per heavy atom. The van der Waals surface area contributed by atoms with E-state index in [0.29, 0.717) is 21.9 Å². The second kappa shape index (κ2) is 8.86. The van der Waals surface area contributed by atoms with Crippen LogP contribution in [0.3, 0.4) is 0 Å². The second-order valence-corrected chi connectivity index (χ2v) is 9.00.